The maximum atomic E-state index is 5.72. The number of nitrogens with zero attached hydrogens (tertiary/aromatic N) is 1. The van der Waals surface area contributed by atoms with Crippen molar-refractivity contribution < 1.29 is 4.74 Å². The zero-order valence-corrected chi connectivity index (χ0v) is 11.3. The van der Waals surface area contributed by atoms with Crippen molar-refractivity contribution in [3.63, 3.8) is 0 Å². The molecule has 0 bridgehead atoms. The lowest BCUT2D eigenvalue weighted by molar-refractivity contribution is -0.0254. The molecule has 1 aliphatic rings. The standard InChI is InChI=1S/C12H25ClN2O/c1-3-15-6-7-16-12(10-15)9-14-8-11(2)4-5-13/h11-12,14H,3-10H2,1-2H3. The second kappa shape index (κ2) is 8.29. The molecule has 1 N–H and O–H groups in total. The molecular formula is C12H25ClN2O. The van der Waals surface area contributed by atoms with Crippen LogP contribution in [0.5, 0.6) is 0 Å². The molecule has 0 aromatic heterocycles. The van der Waals surface area contributed by atoms with E-state index in [4.69, 9.17) is 16.3 Å². The normalized spacial score (nSPS) is 24.6. The van der Waals surface area contributed by atoms with Gasteiger partial charge in [-0.1, -0.05) is 13.8 Å². The number of ether oxygens (including phenoxy) is 1. The molecule has 0 aliphatic carbocycles. The maximum Gasteiger partial charge on any atom is 0.0826 e. The highest BCUT2D eigenvalue weighted by Crippen LogP contribution is 2.05. The van der Waals surface area contributed by atoms with Gasteiger partial charge in [0.1, 0.15) is 0 Å². The Morgan fingerprint density at radius 3 is 3.06 bits per heavy atom. The Morgan fingerprint density at radius 1 is 1.56 bits per heavy atom. The van der Waals surface area contributed by atoms with Crippen molar-refractivity contribution in [3.05, 3.63) is 0 Å². The fraction of sp³-hybridized carbons (Fsp3) is 1.00. The van der Waals surface area contributed by atoms with Crippen molar-refractivity contribution in [2.24, 2.45) is 5.92 Å². The predicted octanol–water partition coefficient (Wildman–Crippen LogP) is 1.56. The second-order valence-corrected chi connectivity index (χ2v) is 5.01. The molecule has 2 atom stereocenters. The van der Waals surface area contributed by atoms with Gasteiger partial charge in [-0.25, -0.2) is 0 Å². The van der Waals surface area contributed by atoms with Crippen molar-refractivity contribution in [2.45, 2.75) is 26.4 Å². The average Bonchev–Trinajstić information content (AvgIpc) is 2.30. The van der Waals surface area contributed by atoms with E-state index in [9.17, 15) is 0 Å². The van der Waals surface area contributed by atoms with E-state index in [1.165, 1.54) is 0 Å². The molecule has 0 saturated carbocycles. The number of nitrogens with one attached hydrogen (secondary N) is 1. The third-order valence-corrected chi connectivity index (χ3v) is 3.36. The Balaban J connectivity index is 2.08. The first-order valence-corrected chi connectivity index (χ1v) is 6.90. The lowest BCUT2D eigenvalue weighted by atomic mass is 10.1. The second-order valence-electron chi connectivity index (χ2n) is 4.63. The molecule has 0 aromatic rings. The van der Waals surface area contributed by atoms with Gasteiger partial charge in [0.2, 0.25) is 0 Å². The summed E-state index contributed by atoms with van der Waals surface area (Å²) < 4.78 is 5.72. The minimum atomic E-state index is 0.358. The fourth-order valence-electron chi connectivity index (χ4n) is 1.97. The zero-order valence-electron chi connectivity index (χ0n) is 10.5. The van der Waals surface area contributed by atoms with Crippen molar-refractivity contribution in [3.8, 4) is 0 Å². The highest BCUT2D eigenvalue weighted by molar-refractivity contribution is 6.17. The summed E-state index contributed by atoms with van der Waals surface area (Å²) in [4.78, 5) is 2.44. The quantitative estimate of drug-likeness (QED) is 0.693. The van der Waals surface area contributed by atoms with Gasteiger partial charge in [-0.15, -0.1) is 11.6 Å². The minimum Gasteiger partial charge on any atom is -0.374 e. The molecule has 0 aromatic carbocycles. The van der Waals surface area contributed by atoms with E-state index in [2.05, 4.69) is 24.1 Å². The molecule has 16 heavy (non-hydrogen) atoms. The molecule has 0 amide bonds. The topological polar surface area (TPSA) is 24.5 Å². The number of rotatable bonds is 7. The Kier molecular flexibility index (Phi) is 7.37. The van der Waals surface area contributed by atoms with E-state index in [0.717, 1.165) is 51.6 Å². The van der Waals surface area contributed by atoms with Gasteiger partial charge in [0.25, 0.3) is 0 Å². The number of morpholine rings is 1. The Bertz CT molecular complexity index is 180. The van der Waals surface area contributed by atoms with Crippen LogP contribution in [0.25, 0.3) is 0 Å². The van der Waals surface area contributed by atoms with Crippen molar-refractivity contribution in [2.75, 3.05) is 45.2 Å². The van der Waals surface area contributed by atoms with E-state index in [-0.39, 0.29) is 0 Å². The summed E-state index contributed by atoms with van der Waals surface area (Å²) in [5.74, 6) is 1.41. The summed E-state index contributed by atoms with van der Waals surface area (Å²) in [5.41, 5.74) is 0. The van der Waals surface area contributed by atoms with Crippen molar-refractivity contribution >= 4 is 11.6 Å². The van der Waals surface area contributed by atoms with Gasteiger partial charge in [0, 0.05) is 25.5 Å². The number of likely N-dealkylation sites (N-methyl/N-ethyl adjacent to an activating group) is 1. The number of alkyl halides is 1. The molecule has 0 radical (unpaired) electrons. The minimum absolute atomic E-state index is 0.358. The summed E-state index contributed by atoms with van der Waals surface area (Å²) in [5, 5.41) is 3.47. The molecular weight excluding hydrogens is 224 g/mol. The first kappa shape index (κ1) is 14.2. The average molecular weight is 249 g/mol. The lowest BCUT2D eigenvalue weighted by Gasteiger charge is -2.32. The van der Waals surface area contributed by atoms with Gasteiger partial charge < -0.3 is 10.1 Å². The molecule has 1 fully saturated rings. The van der Waals surface area contributed by atoms with Crippen LogP contribution in [0.15, 0.2) is 0 Å². The van der Waals surface area contributed by atoms with Crippen LogP contribution in [0.2, 0.25) is 0 Å². The Labute approximate surface area is 104 Å². The zero-order chi connectivity index (χ0) is 11.8. The van der Waals surface area contributed by atoms with Gasteiger partial charge in [0.05, 0.1) is 12.7 Å². The monoisotopic (exact) mass is 248 g/mol. The lowest BCUT2D eigenvalue weighted by Crippen LogP contribution is -2.46. The van der Waals surface area contributed by atoms with Crippen LogP contribution >= 0.6 is 11.6 Å². The Hall–Kier alpha value is 0.170. The van der Waals surface area contributed by atoms with Crippen LogP contribution < -0.4 is 5.32 Å². The van der Waals surface area contributed by atoms with Crippen LogP contribution in [0, 0.1) is 5.92 Å². The number of hydrogen-bond acceptors (Lipinski definition) is 3. The predicted molar refractivity (Wildman–Crippen MR) is 69.2 cm³/mol. The maximum absolute atomic E-state index is 5.72. The molecule has 96 valence electrons. The fourth-order valence-corrected chi connectivity index (χ4v) is 2.34. The highest BCUT2D eigenvalue weighted by Gasteiger charge is 2.18. The number of hydrogen-bond donors (Lipinski definition) is 1. The van der Waals surface area contributed by atoms with Crippen LogP contribution in [-0.2, 0) is 4.74 Å². The molecule has 1 aliphatic heterocycles. The summed E-state index contributed by atoms with van der Waals surface area (Å²) >= 11 is 5.70. The summed E-state index contributed by atoms with van der Waals surface area (Å²) in [6, 6.07) is 0. The van der Waals surface area contributed by atoms with E-state index in [1.807, 2.05) is 0 Å². The van der Waals surface area contributed by atoms with Crippen molar-refractivity contribution in [1.82, 2.24) is 10.2 Å². The first-order chi connectivity index (χ1) is 7.76. The summed E-state index contributed by atoms with van der Waals surface area (Å²) in [6.07, 6.45) is 1.44. The largest absolute Gasteiger partial charge is 0.374 e. The van der Waals surface area contributed by atoms with Crippen LogP contribution in [-0.4, -0.2) is 56.2 Å². The van der Waals surface area contributed by atoms with Gasteiger partial charge in [-0.05, 0) is 25.4 Å². The van der Waals surface area contributed by atoms with Gasteiger partial charge in [-0.3, -0.25) is 4.90 Å². The number of halogens is 1. The third-order valence-electron chi connectivity index (χ3n) is 3.14. The van der Waals surface area contributed by atoms with Gasteiger partial charge in [-0.2, -0.15) is 0 Å². The van der Waals surface area contributed by atoms with Crippen molar-refractivity contribution in [1.29, 1.82) is 0 Å². The summed E-state index contributed by atoms with van der Waals surface area (Å²) in [6.45, 7) is 10.6. The van der Waals surface area contributed by atoms with Crippen LogP contribution in [0.4, 0.5) is 0 Å². The molecule has 2 unspecified atom stereocenters. The third kappa shape index (κ3) is 5.48. The van der Waals surface area contributed by atoms with Crippen LogP contribution in [0.1, 0.15) is 20.3 Å². The Morgan fingerprint density at radius 2 is 2.38 bits per heavy atom. The molecule has 0 spiro atoms. The molecule has 4 heteroatoms. The first-order valence-electron chi connectivity index (χ1n) is 6.36. The van der Waals surface area contributed by atoms with Gasteiger partial charge >= 0.3 is 0 Å². The molecule has 3 nitrogen and oxygen atoms in total. The van der Waals surface area contributed by atoms with E-state index >= 15 is 0 Å². The van der Waals surface area contributed by atoms with Gasteiger partial charge in [0.15, 0.2) is 0 Å². The van der Waals surface area contributed by atoms with E-state index in [1.54, 1.807) is 0 Å². The highest BCUT2D eigenvalue weighted by atomic mass is 35.5. The van der Waals surface area contributed by atoms with E-state index in [0.29, 0.717) is 12.0 Å². The molecule has 1 saturated heterocycles. The smallest absolute Gasteiger partial charge is 0.0826 e. The molecule has 1 rings (SSSR count). The van der Waals surface area contributed by atoms with Crippen LogP contribution in [0.3, 0.4) is 0 Å². The summed E-state index contributed by atoms with van der Waals surface area (Å²) in [7, 11) is 0. The SMILES string of the molecule is CCN1CCOC(CNCC(C)CCCl)C1. The van der Waals surface area contributed by atoms with E-state index < -0.39 is 0 Å². The molecule has 1 heterocycles.